The van der Waals surface area contributed by atoms with Gasteiger partial charge in [-0.1, -0.05) is 54.9 Å². The molecule has 0 bridgehead atoms. The van der Waals surface area contributed by atoms with Crippen molar-refractivity contribution in [1.82, 2.24) is 5.32 Å². The lowest BCUT2D eigenvalue weighted by molar-refractivity contribution is -0.120. The van der Waals surface area contributed by atoms with Gasteiger partial charge >= 0.3 is 0 Å². The number of anilines is 1. The highest BCUT2D eigenvalue weighted by atomic mass is 35.5. The molecule has 0 radical (unpaired) electrons. The van der Waals surface area contributed by atoms with Gasteiger partial charge in [-0.25, -0.2) is 8.42 Å². The first-order valence-electron chi connectivity index (χ1n) is 10.5. The lowest BCUT2D eigenvalue weighted by Crippen LogP contribution is -2.42. The van der Waals surface area contributed by atoms with E-state index in [-0.39, 0.29) is 17.5 Å². The molecule has 0 saturated heterocycles. The number of amides is 1. The van der Waals surface area contributed by atoms with E-state index in [0.29, 0.717) is 17.1 Å². The van der Waals surface area contributed by atoms with E-state index in [9.17, 15) is 13.2 Å². The molecule has 0 spiro atoms. The smallest absolute Gasteiger partial charge is 0.264 e. The van der Waals surface area contributed by atoms with Gasteiger partial charge in [0.25, 0.3) is 10.0 Å². The Morgan fingerprint density at radius 2 is 1.79 bits per heavy atom. The summed E-state index contributed by atoms with van der Waals surface area (Å²) in [5, 5.41) is 3.34. The number of carbonyl (C=O) groups excluding carboxylic acids is 1. The van der Waals surface area contributed by atoms with Crippen molar-refractivity contribution in [3.05, 3.63) is 88.9 Å². The molecule has 8 heteroatoms. The Labute approximate surface area is 200 Å². The number of aryl methyl sites for hydroxylation is 1. The average Bonchev–Trinajstić information content (AvgIpc) is 2.81. The molecule has 3 rings (SSSR count). The van der Waals surface area contributed by atoms with Crippen molar-refractivity contribution in [1.29, 1.82) is 0 Å². The Morgan fingerprint density at radius 3 is 2.39 bits per heavy atom. The number of nitrogens with zero attached hydrogens (tertiary/aromatic N) is 1. The van der Waals surface area contributed by atoms with Gasteiger partial charge in [0.1, 0.15) is 12.3 Å². The SMILES string of the molecule is CC[C@@H](NC(=O)CN(c1cccc(Cl)c1)S(=O)(=O)c1ccccc1)c1ccc(OC)c(C)c1. The van der Waals surface area contributed by atoms with Crippen LogP contribution in [-0.4, -0.2) is 28.0 Å². The molecule has 0 fully saturated rings. The average molecular weight is 487 g/mol. The van der Waals surface area contributed by atoms with Gasteiger partial charge in [0.15, 0.2) is 0 Å². The first-order valence-corrected chi connectivity index (χ1v) is 12.3. The fraction of sp³-hybridized carbons (Fsp3) is 0.240. The first kappa shape index (κ1) is 24.6. The van der Waals surface area contributed by atoms with Gasteiger partial charge in [-0.2, -0.15) is 0 Å². The molecule has 1 amide bonds. The van der Waals surface area contributed by atoms with E-state index < -0.39 is 15.9 Å². The first-order chi connectivity index (χ1) is 15.8. The molecule has 174 valence electrons. The number of hydrogen-bond acceptors (Lipinski definition) is 4. The van der Waals surface area contributed by atoms with E-state index >= 15 is 0 Å². The zero-order valence-electron chi connectivity index (χ0n) is 18.8. The Morgan fingerprint density at radius 1 is 1.06 bits per heavy atom. The van der Waals surface area contributed by atoms with Crippen LogP contribution in [0, 0.1) is 6.92 Å². The number of methoxy groups -OCH3 is 1. The second-order valence-electron chi connectivity index (χ2n) is 7.56. The molecule has 0 aliphatic rings. The maximum absolute atomic E-state index is 13.4. The topological polar surface area (TPSA) is 75.7 Å². The minimum atomic E-state index is -3.99. The van der Waals surface area contributed by atoms with Gasteiger partial charge in [0.05, 0.1) is 23.7 Å². The third-order valence-corrected chi connectivity index (χ3v) is 7.30. The number of hydrogen-bond donors (Lipinski definition) is 1. The predicted octanol–water partition coefficient (Wildman–Crippen LogP) is 5.12. The molecule has 6 nitrogen and oxygen atoms in total. The highest BCUT2D eigenvalue weighted by Crippen LogP contribution is 2.27. The van der Waals surface area contributed by atoms with E-state index in [1.807, 2.05) is 32.0 Å². The Balaban J connectivity index is 1.89. The summed E-state index contributed by atoms with van der Waals surface area (Å²) >= 11 is 6.12. The van der Waals surface area contributed by atoms with Crippen molar-refractivity contribution in [3.8, 4) is 5.75 Å². The van der Waals surface area contributed by atoms with E-state index in [0.717, 1.165) is 21.2 Å². The molecule has 0 aliphatic carbocycles. The molecular formula is C25H27ClN2O4S. The van der Waals surface area contributed by atoms with Gasteiger partial charge < -0.3 is 10.1 Å². The van der Waals surface area contributed by atoms with Crippen molar-refractivity contribution in [3.63, 3.8) is 0 Å². The number of ether oxygens (including phenoxy) is 1. The maximum Gasteiger partial charge on any atom is 0.264 e. The fourth-order valence-electron chi connectivity index (χ4n) is 3.58. The van der Waals surface area contributed by atoms with Gasteiger partial charge in [0, 0.05) is 5.02 Å². The molecule has 3 aromatic carbocycles. The second-order valence-corrected chi connectivity index (χ2v) is 9.86. The molecule has 0 heterocycles. The molecule has 33 heavy (non-hydrogen) atoms. The van der Waals surface area contributed by atoms with Crippen molar-refractivity contribution in [2.75, 3.05) is 18.0 Å². The van der Waals surface area contributed by atoms with Gasteiger partial charge in [-0.05, 0) is 60.9 Å². The lowest BCUT2D eigenvalue weighted by Gasteiger charge is -2.26. The van der Waals surface area contributed by atoms with E-state index in [2.05, 4.69) is 5.32 Å². The summed E-state index contributed by atoms with van der Waals surface area (Å²) in [5.41, 5.74) is 2.19. The van der Waals surface area contributed by atoms with Crippen LogP contribution in [0.5, 0.6) is 5.75 Å². The van der Waals surface area contributed by atoms with Crippen LogP contribution in [0.25, 0.3) is 0 Å². The predicted molar refractivity (Wildman–Crippen MR) is 131 cm³/mol. The molecule has 0 unspecified atom stereocenters. The summed E-state index contributed by atoms with van der Waals surface area (Å²) in [4.78, 5) is 13.2. The Bertz CT molecular complexity index is 1220. The summed E-state index contributed by atoms with van der Waals surface area (Å²) in [6.07, 6.45) is 0.639. The van der Waals surface area contributed by atoms with Crippen LogP contribution in [0.4, 0.5) is 5.69 Å². The van der Waals surface area contributed by atoms with Crippen molar-refractivity contribution < 1.29 is 17.9 Å². The summed E-state index contributed by atoms with van der Waals surface area (Å²) in [6.45, 7) is 3.51. The van der Waals surface area contributed by atoms with Crippen LogP contribution >= 0.6 is 11.6 Å². The van der Waals surface area contributed by atoms with E-state index in [1.165, 1.54) is 18.2 Å². The Kier molecular flexibility index (Phi) is 8.00. The van der Waals surface area contributed by atoms with Crippen LogP contribution in [0.15, 0.2) is 77.7 Å². The molecular weight excluding hydrogens is 460 g/mol. The van der Waals surface area contributed by atoms with Gasteiger partial charge in [-0.15, -0.1) is 0 Å². The fourth-order valence-corrected chi connectivity index (χ4v) is 5.19. The van der Waals surface area contributed by atoms with Gasteiger partial charge in [-0.3, -0.25) is 9.10 Å². The third kappa shape index (κ3) is 5.86. The third-order valence-electron chi connectivity index (χ3n) is 5.28. The van der Waals surface area contributed by atoms with E-state index in [1.54, 1.807) is 43.5 Å². The summed E-state index contributed by atoms with van der Waals surface area (Å²) < 4.78 is 33.2. The van der Waals surface area contributed by atoms with Crippen molar-refractivity contribution in [2.45, 2.75) is 31.2 Å². The zero-order chi connectivity index (χ0) is 24.0. The minimum absolute atomic E-state index is 0.0931. The zero-order valence-corrected chi connectivity index (χ0v) is 20.4. The summed E-state index contributed by atoms with van der Waals surface area (Å²) in [7, 11) is -2.38. The molecule has 0 aliphatic heterocycles. The molecule has 1 atom stereocenters. The number of rotatable bonds is 9. The number of carbonyl (C=O) groups is 1. The second kappa shape index (κ2) is 10.7. The number of sulfonamides is 1. The van der Waals surface area contributed by atoms with Crippen LogP contribution < -0.4 is 14.4 Å². The molecule has 0 saturated carbocycles. The monoisotopic (exact) mass is 486 g/mol. The van der Waals surface area contributed by atoms with Crippen LogP contribution in [0.1, 0.15) is 30.5 Å². The highest BCUT2D eigenvalue weighted by molar-refractivity contribution is 7.92. The minimum Gasteiger partial charge on any atom is -0.496 e. The molecule has 1 N–H and O–H groups in total. The van der Waals surface area contributed by atoms with Crippen LogP contribution in [0.3, 0.4) is 0 Å². The van der Waals surface area contributed by atoms with Crippen molar-refractivity contribution >= 4 is 33.2 Å². The summed E-state index contributed by atoms with van der Waals surface area (Å²) in [6, 6.07) is 19.9. The maximum atomic E-state index is 13.4. The Hall–Kier alpha value is -3.03. The van der Waals surface area contributed by atoms with Crippen LogP contribution in [0.2, 0.25) is 5.02 Å². The number of benzene rings is 3. The number of halogens is 1. The normalized spacial score (nSPS) is 12.1. The largest absolute Gasteiger partial charge is 0.496 e. The highest BCUT2D eigenvalue weighted by Gasteiger charge is 2.28. The lowest BCUT2D eigenvalue weighted by atomic mass is 10.0. The van der Waals surface area contributed by atoms with Gasteiger partial charge in [0.2, 0.25) is 5.91 Å². The molecule has 3 aromatic rings. The standard InChI is InChI=1S/C25H27ClN2O4S/c1-4-23(19-13-14-24(32-3)18(2)15-19)27-25(29)17-28(21-10-8-9-20(26)16-21)33(30,31)22-11-6-5-7-12-22/h5-16,23H,4,17H2,1-3H3,(H,27,29)/t23-/m1/s1. The number of nitrogens with one attached hydrogen (secondary N) is 1. The van der Waals surface area contributed by atoms with E-state index in [4.69, 9.17) is 16.3 Å². The summed E-state index contributed by atoms with van der Waals surface area (Å²) in [5.74, 6) is 0.343. The quantitative estimate of drug-likeness (QED) is 0.455. The van der Waals surface area contributed by atoms with Crippen LogP contribution in [-0.2, 0) is 14.8 Å². The van der Waals surface area contributed by atoms with Crippen molar-refractivity contribution in [2.24, 2.45) is 0 Å². The molecule has 0 aromatic heterocycles.